The van der Waals surface area contributed by atoms with Crippen LogP contribution < -0.4 is 10.4 Å². The van der Waals surface area contributed by atoms with E-state index in [0.29, 0.717) is 9.25 Å². The van der Waals surface area contributed by atoms with E-state index >= 15 is 0 Å². The lowest BCUT2D eigenvalue weighted by molar-refractivity contribution is -0.147. The molecule has 0 aliphatic heterocycles. The van der Waals surface area contributed by atoms with Crippen molar-refractivity contribution >= 4 is 16.0 Å². The highest BCUT2D eigenvalue weighted by Gasteiger charge is 2.37. The Morgan fingerprint density at radius 3 is 2.33 bits per heavy atom. The number of hydrogen-bond donors (Lipinski definition) is 1. The number of esters is 1. The number of halogens is 3. The van der Waals surface area contributed by atoms with E-state index in [1.54, 1.807) is 0 Å². The zero-order chi connectivity index (χ0) is 20.4. The van der Waals surface area contributed by atoms with Crippen molar-refractivity contribution in [2.24, 2.45) is 7.05 Å². The Kier molecular flexibility index (Phi) is 5.75. The van der Waals surface area contributed by atoms with Gasteiger partial charge in [-0.05, 0) is 24.3 Å². The molecule has 1 aromatic heterocycles. The van der Waals surface area contributed by atoms with E-state index in [9.17, 15) is 31.2 Å². The van der Waals surface area contributed by atoms with Gasteiger partial charge in [-0.25, -0.2) is 27.4 Å². The Balaban J connectivity index is 2.08. The zero-order valence-electron chi connectivity index (χ0n) is 14.1. The largest absolute Gasteiger partial charge is 0.465 e. The van der Waals surface area contributed by atoms with Crippen LogP contribution in [-0.2, 0) is 34.5 Å². The minimum absolute atomic E-state index is 0.149. The molecule has 9 nitrogen and oxygen atoms in total. The number of sulfonamides is 1. The van der Waals surface area contributed by atoms with Crippen LogP contribution in [0, 0.1) is 0 Å². The van der Waals surface area contributed by atoms with Gasteiger partial charge < -0.3 is 4.74 Å². The molecular weight excluding hydrogens is 393 g/mol. The maximum atomic E-state index is 12.7. The number of rotatable bonds is 6. The number of nitrogens with one attached hydrogen (secondary N) is 1. The van der Waals surface area contributed by atoms with Gasteiger partial charge in [-0.1, -0.05) is 0 Å². The van der Waals surface area contributed by atoms with Gasteiger partial charge in [0.05, 0.1) is 24.1 Å². The summed E-state index contributed by atoms with van der Waals surface area (Å²) in [5.41, 5.74) is -0.875. The second-order valence-electron chi connectivity index (χ2n) is 5.30. The van der Waals surface area contributed by atoms with Crippen molar-refractivity contribution < 1.29 is 31.1 Å². The molecule has 0 unspecified atom stereocenters. The van der Waals surface area contributed by atoms with Crippen molar-refractivity contribution in [3.63, 3.8) is 0 Å². The van der Waals surface area contributed by atoms with E-state index in [2.05, 4.69) is 14.6 Å². The molecule has 0 saturated heterocycles. The number of alkyl halides is 3. The SMILES string of the molecule is COC(=O)c1ccc(S(=O)(=O)NCCn2nc(C(F)(F)F)n(C)c2=O)cc1. The molecular formula is C14H15F3N4O5S. The smallest absolute Gasteiger partial charge is 0.451 e. The molecule has 0 spiro atoms. The van der Waals surface area contributed by atoms with Gasteiger partial charge in [0.25, 0.3) is 0 Å². The highest BCUT2D eigenvalue weighted by Crippen LogP contribution is 2.25. The van der Waals surface area contributed by atoms with Crippen LogP contribution in [0.2, 0.25) is 0 Å². The van der Waals surface area contributed by atoms with Crippen LogP contribution in [0.15, 0.2) is 34.0 Å². The third-order valence-corrected chi connectivity index (χ3v) is 4.97. The average molecular weight is 408 g/mol. The lowest BCUT2D eigenvalue weighted by Gasteiger charge is -2.07. The van der Waals surface area contributed by atoms with Crippen molar-refractivity contribution in [3.8, 4) is 0 Å². The summed E-state index contributed by atoms with van der Waals surface area (Å²) < 4.78 is 70.0. The Morgan fingerprint density at radius 2 is 1.85 bits per heavy atom. The molecule has 0 saturated carbocycles. The van der Waals surface area contributed by atoms with Gasteiger partial charge in [0, 0.05) is 13.6 Å². The molecule has 0 atom stereocenters. The minimum atomic E-state index is -4.81. The number of carbonyl (C=O) groups excluding carboxylic acids is 1. The summed E-state index contributed by atoms with van der Waals surface area (Å²) in [6, 6.07) is 4.84. The first-order valence-electron chi connectivity index (χ1n) is 7.36. The predicted octanol–water partition coefficient (Wildman–Crippen LogP) is 0.366. The van der Waals surface area contributed by atoms with E-state index in [0.717, 1.165) is 7.05 Å². The van der Waals surface area contributed by atoms with Crippen LogP contribution in [0.4, 0.5) is 13.2 Å². The topological polar surface area (TPSA) is 112 Å². The second kappa shape index (κ2) is 7.52. The monoisotopic (exact) mass is 408 g/mol. The van der Waals surface area contributed by atoms with Crippen LogP contribution in [0.5, 0.6) is 0 Å². The normalized spacial score (nSPS) is 12.2. The molecule has 1 N–H and O–H groups in total. The van der Waals surface area contributed by atoms with Crippen molar-refractivity contribution in [1.82, 2.24) is 19.1 Å². The minimum Gasteiger partial charge on any atom is -0.465 e. The maximum Gasteiger partial charge on any atom is 0.451 e. The standard InChI is InChI=1S/C14H15F3N4O5S/c1-20-12(14(15,16)17)19-21(13(20)23)8-7-18-27(24,25)10-5-3-9(4-6-10)11(22)26-2/h3-6,18H,7-8H2,1-2H3. The van der Waals surface area contributed by atoms with Gasteiger partial charge in [0.1, 0.15) is 0 Å². The van der Waals surface area contributed by atoms with Crippen molar-refractivity contribution in [3.05, 3.63) is 46.1 Å². The first-order chi connectivity index (χ1) is 12.5. The lowest BCUT2D eigenvalue weighted by Crippen LogP contribution is -2.31. The fraction of sp³-hybridized carbons (Fsp3) is 0.357. The van der Waals surface area contributed by atoms with Gasteiger partial charge in [-0.15, -0.1) is 5.10 Å². The quantitative estimate of drug-likeness (QED) is 0.691. The summed E-state index contributed by atoms with van der Waals surface area (Å²) in [6.07, 6.45) is -4.81. The van der Waals surface area contributed by atoms with Crippen LogP contribution in [-0.4, -0.2) is 42.4 Å². The second-order valence-corrected chi connectivity index (χ2v) is 7.07. The van der Waals surface area contributed by atoms with E-state index in [4.69, 9.17) is 0 Å². The molecule has 27 heavy (non-hydrogen) atoms. The zero-order valence-corrected chi connectivity index (χ0v) is 15.0. The van der Waals surface area contributed by atoms with E-state index < -0.39 is 40.2 Å². The highest BCUT2D eigenvalue weighted by molar-refractivity contribution is 7.89. The Hall–Kier alpha value is -2.67. The molecule has 148 valence electrons. The van der Waals surface area contributed by atoms with E-state index in [-0.39, 0.29) is 17.0 Å². The number of hydrogen-bond acceptors (Lipinski definition) is 6. The lowest BCUT2D eigenvalue weighted by atomic mass is 10.2. The summed E-state index contributed by atoms with van der Waals surface area (Å²) in [6.45, 7) is -0.766. The van der Waals surface area contributed by atoms with Gasteiger partial charge >= 0.3 is 17.8 Å². The third kappa shape index (κ3) is 4.54. The number of aromatic nitrogens is 3. The van der Waals surface area contributed by atoms with Gasteiger partial charge in [-0.2, -0.15) is 13.2 Å². The summed E-state index contributed by atoms with van der Waals surface area (Å²) >= 11 is 0. The Bertz CT molecular complexity index is 993. The number of ether oxygens (including phenoxy) is 1. The van der Waals surface area contributed by atoms with Gasteiger partial charge in [0.15, 0.2) is 0 Å². The number of benzene rings is 1. The van der Waals surface area contributed by atoms with Crippen LogP contribution in [0.25, 0.3) is 0 Å². The van der Waals surface area contributed by atoms with Crippen LogP contribution in [0.1, 0.15) is 16.2 Å². The molecule has 0 bridgehead atoms. The summed E-state index contributed by atoms with van der Waals surface area (Å²) in [5, 5.41) is 3.17. The molecule has 2 aromatic rings. The molecule has 0 radical (unpaired) electrons. The fourth-order valence-corrected chi connectivity index (χ4v) is 3.16. The number of methoxy groups -OCH3 is 1. The number of nitrogens with zero attached hydrogens (tertiary/aromatic N) is 3. The van der Waals surface area contributed by atoms with E-state index in [1.807, 2.05) is 0 Å². The van der Waals surface area contributed by atoms with Gasteiger partial charge in [0.2, 0.25) is 15.8 Å². The molecule has 0 aliphatic carbocycles. The Morgan fingerprint density at radius 1 is 1.26 bits per heavy atom. The number of carbonyl (C=O) groups is 1. The van der Waals surface area contributed by atoms with Crippen molar-refractivity contribution in [2.45, 2.75) is 17.6 Å². The van der Waals surface area contributed by atoms with E-state index in [1.165, 1.54) is 31.4 Å². The van der Waals surface area contributed by atoms with Crippen molar-refractivity contribution in [2.75, 3.05) is 13.7 Å². The molecule has 0 aliphatic rings. The molecule has 1 aromatic carbocycles. The summed E-state index contributed by atoms with van der Waals surface area (Å²) in [4.78, 5) is 22.9. The predicted molar refractivity (Wildman–Crippen MR) is 85.4 cm³/mol. The van der Waals surface area contributed by atoms with Crippen LogP contribution >= 0.6 is 0 Å². The van der Waals surface area contributed by atoms with Crippen LogP contribution in [0.3, 0.4) is 0 Å². The third-order valence-electron chi connectivity index (χ3n) is 3.50. The molecule has 2 rings (SSSR count). The highest BCUT2D eigenvalue weighted by atomic mass is 32.2. The van der Waals surface area contributed by atoms with Crippen molar-refractivity contribution in [1.29, 1.82) is 0 Å². The fourth-order valence-electron chi connectivity index (χ4n) is 2.14. The first kappa shape index (κ1) is 20.6. The maximum absolute atomic E-state index is 12.7. The average Bonchev–Trinajstić information content (AvgIpc) is 2.89. The van der Waals surface area contributed by atoms with Gasteiger partial charge in [-0.3, -0.25) is 4.57 Å². The summed E-state index contributed by atoms with van der Waals surface area (Å²) in [7, 11) is -1.90. The molecule has 0 amide bonds. The summed E-state index contributed by atoms with van der Waals surface area (Å²) in [5.74, 6) is -2.02. The molecule has 13 heteroatoms. The Labute approximate surface area is 151 Å². The molecule has 0 fully saturated rings. The first-order valence-corrected chi connectivity index (χ1v) is 8.85. The molecule has 1 heterocycles.